The van der Waals surface area contributed by atoms with E-state index in [0.29, 0.717) is 17.6 Å². The molecule has 1 N–H and O–H groups in total. The topological polar surface area (TPSA) is 21.3 Å². The van der Waals surface area contributed by atoms with Crippen LogP contribution in [0, 0.1) is 11.3 Å². The van der Waals surface area contributed by atoms with E-state index >= 15 is 0 Å². The number of ether oxygens (including phenoxy) is 1. The molecule has 1 saturated carbocycles. The molecule has 0 bridgehead atoms. The molecule has 17 heavy (non-hydrogen) atoms. The van der Waals surface area contributed by atoms with Crippen molar-refractivity contribution >= 4 is 0 Å². The Labute approximate surface area is 108 Å². The Morgan fingerprint density at radius 1 is 1.35 bits per heavy atom. The lowest BCUT2D eigenvalue weighted by Gasteiger charge is -2.38. The molecule has 0 saturated heterocycles. The van der Waals surface area contributed by atoms with Crippen molar-refractivity contribution in [3.63, 3.8) is 0 Å². The largest absolute Gasteiger partial charge is 0.377 e. The lowest BCUT2D eigenvalue weighted by atomic mass is 9.71. The quantitative estimate of drug-likeness (QED) is 0.717. The number of nitrogens with one attached hydrogen (secondary N) is 1. The zero-order chi connectivity index (χ0) is 12.9. The highest BCUT2D eigenvalue weighted by atomic mass is 16.5. The lowest BCUT2D eigenvalue weighted by molar-refractivity contribution is -0.0217. The van der Waals surface area contributed by atoms with Gasteiger partial charge in [0.25, 0.3) is 0 Å². The Bertz CT molecular complexity index is 215. The van der Waals surface area contributed by atoms with E-state index in [2.05, 4.69) is 39.9 Å². The van der Waals surface area contributed by atoms with Crippen molar-refractivity contribution in [2.75, 3.05) is 13.2 Å². The van der Waals surface area contributed by atoms with E-state index in [9.17, 15) is 0 Å². The van der Waals surface area contributed by atoms with Gasteiger partial charge in [0.2, 0.25) is 0 Å². The molecule has 0 aromatic rings. The smallest absolute Gasteiger partial charge is 0.0594 e. The molecule has 0 amide bonds. The van der Waals surface area contributed by atoms with Crippen molar-refractivity contribution in [1.29, 1.82) is 0 Å². The molecule has 0 spiro atoms. The van der Waals surface area contributed by atoms with E-state index in [-0.39, 0.29) is 0 Å². The maximum atomic E-state index is 6.02. The van der Waals surface area contributed by atoms with Gasteiger partial charge in [-0.2, -0.15) is 0 Å². The molecule has 3 unspecified atom stereocenters. The van der Waals surface area contributed by atoms with Crippen LogP contribution in [0.1, 0.15) is 60.3 Å². The third-order valence-electron chi connectivity index (χ3n) is 3.91. The van der Waals surface area contributed by atoms with E-state index in [1.165, 1.54) is 25.7 Å². The van der Waals surface area contributed by atoms with E-state index in [1.54, 1.807) is 0 Å². The van der Waals surface area contributed by atoms with Crippen LogP contribution in [0.3, 0.4) is 0 Å². The minimum absolute atomic E-state index is 0.465. The van der Waals surface area contributed by atoms with Crippen molar-refractivity contribution in [2.24, 2.45) is 11.3 Å². The van der Waals surface area contributed by atoms with Crippen LogP contribution < -0.4 is 5.32 Å². The summed E-state index contributed by atoms with van der Waals surface area (Å²) in [5, 5.41) is 3.48. The molecule has 3 atom stereocenters. The minimum Gasteiger partial charge on any atom is -0.377 e. The van der Waals surface area contributed by atoms with Gasteiger partial charge >= 0.3 is 0 Å². The molecule has 1 aliphatic rings. The summed E-state index contributed by atoms with van der Waals surface area (Å²) in [6, 6.07) is 0.611. The summed E-state index contributed by atoms with van der Waals surface area (Å²) >= 11 is 0. The minimum atomic E-state index is 0.465. The third-order valence-corrected chi connectivity index (χ3v) is 3.91. The lowest BCUT2D eigenvalue weighted by Crippen LogP contribution is -2.35. The molecule has 102 valence electrons. The molecule has 2 nitrogen and oxygen atoms in total. The van der Waals surface area contributed by atoms with Crippen LogP contribution in [-0.2, 0) is 4.74 Å². The van der Waals surface area contributed by atoms with Gasteiger partial charge in [-0.25, -0.2) is 0 Å². The number of hydrogen-bond donors (Lipinski definition) is 1. The first-order valence-corrected chi connectivity index (χ1v) is 7.28. The van der Waals surface area contributed by atoms with E-state index in [1.807, 2.05) is 0 Å². The van der Waals surface area contributed by atoms with E-state index < -0.39 is 0 Å². The van der Waals surface area contributed by atoms with Crippen LogP contribution in [-0.4, -0.2) is 25.3 Å². The van der Waals surface area contributed by atoms with E-state index in [4.69, 9.17) is 4.74 Å². The Balaban J connectivity index is 2.18. The van der Waals surface area contributed by atoms with Crippen molar-refractivity contribution in [1.82, 2.24) is 5.32 Å². The first-order chi connectivity index (χ1) is 7.93. The van der Waals surface area contributed by atoms with Gasteiger partial charge in [0.15, 0.2) is 0 Å². The molecule has 0 aromatic carbocycles. The fourth-order valence-electron chi connectivity index (χ4n) is 3.06. The second-order valence-electron chi connectivity index (χ2n) is 6.67. The molecule has 0 radical (unpaired) electrons. The predicted octanol–water partition coefficient (Wildman–Crippen LogP) is 3.61. The van der Waals surface area contributed by atoms with Gasteiger partial charge in [-0.1, -0.05) is 27.7 Å². The fourth-order valence-corrected chi connectivity index (χ4v) is 3.06. The third kappa shape index (κ3) is 5.87. The van der Waals surface area contributed by atoms with Gasteiger partial charge < -0.3 is 10.1 Å². The Kier molecular flexibility index (Phi) is 5.94. The summed E-state index contributed by atoms with van der Waals surface area (Å²) in [7, 11) is 0. The van der Waals surface area contributed by atoms with Crippen LogP contribution in [0.2, 0.25) is 0 Å². The summed E-state index contributed by atoms with van der Waals surface area (Å²) in [6.45, 7) is 13.4. The Hall–Kier alpha value is -0.0800. The summed E-state index contributed by atoms with van der Waals surface area (Å²) in [5.74, 6) is 0.811. The molecule has 1 aliphatic carbocycles. The molecule has 0 aromatic heterocycles. The van der Waals surface area contributed by atoms with Gasteiger partial charge in [0, 0.05) is 12.6 Å². The highest BCUT2D eigenvalue weighted by molar-refractivity contribution is 4.83. The standard InChI is InChI=1S/C15H31NO/c1-6-13(3)16-7-8-17-14-9-12(2)10-15(4,5)11-14/h12-14,16H,6-11H2,1-5H3. The second kappa shape index (κ2) is 6.75. The summed E-state index contributed by atoms with van der Waals surface area (Å²) < 4.78 is 6.02. The highest BCUT2D eigenvalue weighted by Crippen LogP contribution is 2.39. The van der Waals surface area contributed by atoms with Crippen molar-refractivity contribution in [2.45, 2.75) is 72.4 Å². The van der Waals surface area contributed by atoms with Gasteiger partial charge in [-0.05, 0) is 43.9 Å². The average Bonchev–Trinajstić information content (AvgIpc) is 2.21. The zero-order valence-corrected chi connectivity index (χ0v) is 12.4. The molecular formula is C15H31NO. The van der Waals surface area contributed by atoms with Crippen LogP contribution in [0.25, 0.3) is 0 Å². The predicted molar refractivity (Wildman–Crippen MR) is 74.3 cm³/mol. The molecule has 2 heteroatoms. The molecule has 0 heterocycles. The van der Waals surface area contributed by atoms with Crippen molar-refractivity contribution in [3.8, 4) is 0 Å². The molecule has 0 aliphatic heterocycles. The average molecular weight is 241 g/mol. The summed E-state index contributed by atoms with van der Waals surface area (Å²) in [5.41, 5.74) is 0.465. The second-order valence-corrected chi connectivity index (χ2v) is 6.67. The first kappa shape index (κ1) is 15.0. The highest BCUT2D eigenvalue weighted by Gasteiger charge is 2.32. The van der Waals surface area contributed by atoms with Crippen molar-refractivity contribution in [3.05, 3.63) is 0 Å². The zero-order valence-electron chi connectivity index (χ0n) is 12.4. The van der Waals surface area contributed by atoms with E-state index in [0.717, 1.165) is 19.1 Å². The monoisotopic (exact) mass is 241 g/mol. The Morgan fingerprint density at radius 3 is 2.65 bits per heavy atom. The Morgan fingerprint density at radius 2 is 2.06 bits per heavy atom. The van der Waals surface area contributed by atoms with Gasteiger partial charge in [-0.15, -0.1) is 0 Å². The van der Waals surface area contributed by atoms with Gasteiger partial charge in [0.1, 0.15) is 0 Å². The van der Waals surface area contributed by atoms with Crippen LogP contribution in [0.4, 0.5) is 0 Å². The van der Waals surface area contributed by atoms with Gasteiger partial charge in [0.05, 0.1) is 12.7 Å². The van der Waals surface area contributed by atoms with Crippen molar-refractivity contribution < 1.29 is 4.74 Å². The van der Waals surface area contributed by atoms with Crippen LogP contribution >= 0.6 is 0 Å². The summed E-state index contributed by atoms with van der Waals surface area (Å²) in [4.78, 5) is 0. The molecule has 1 fully saturated rings. The first-order valence-electron chi connectivity index (χ1n) is 7.28. The van der Waals surface area contributed by atoms with Crippen LogP contribution in [0.5, 0.6) is 0 Å². The summed E-state index contributed by atoms with van der Waals surface area (Å²) in [6.07, 6.45) is 5.48. The normalized spacial score (nSPS) is 30.2. The maximum absolute atomic E-state index is 6.02. The molecule has 1 rings (SSSR count). The SMILES string of the molecule is CCC(C)NCCOC1CC(C)CC(C)(C)C1. The van der Waals surface area contributed by atoms with Gasteiger partial charge in [-0.3, -0.25) is 0 Å². The van der Waals surface area contributed by atoms with Crippen LogP contribution in [0.15, 0.2) is 0 Å². The number of hydrogen-bond acceptors (Lipinski definition) is 2. The fraction of sp³-hybridized carbons (Fsp3) is 1.00. The maximum Gasteiger partial charge on any atom is 0.0594 e. The number of rotatable bonds is 6. The molecular weight excluding hydrogens is 210 g/mol.